The molecule has 5 rings (SSSR count). The second kappa shape index (κ2) is 7.55. The third-order valence-electron chi connectivity index (χ3n) is 5.85. The maximum Gasteiger partial charge on any atom is 0.165 e. The zero-order valence-electron chi connectivity index (χ0n) is 16.8. The molecule has 0 amide bonds. The summed E-state index contributed by atoms with van der Waals surface area (Å²) in [5, 5.41) is 15.9. The van der Waals surface area contributed by atoms with Gasteiger partial charge in [-0.15, -0.1) is 0 Å². The molecule has 3 aromatic rings. The van der Waals surface area contributed by atoms with Gasteiger partial charge in [-0.2, -0.15) is 14.7 Å². The minimum Gasteiger partial charge on any atom is -0.383 e. The van der Waals surface area contributed by atoms with Crippen molar-refractivity contribution in [3.63, 3.8) is 0 Å². The molecule has 0 aliphatic carbocycles. The third-order valence-corrected chi connectivity index (χ3v) is 6.66. The van der Waals surface area contributed by atoms with Crippen molar-refractivity contribution < 1.29 is 0 Å². The first kappa shape index (κ1) is 19.3. The van der Waals surface area contributed by atoms with E-state index in [0.717, 1.165) is 52.9 Å². The molecule has 5 heterocycles. The molecule has 9 heteroatoms. The Balaban J connectivity index is 1.50. The van der Waals surface area contributed by atoms with Crippen LogP contribution < -0.4 is 16.4 Å². The third kappa shape index (κ3) is 3.41. The van der Waals surface area contributed by atoms with Crippen LogP contribution in [0.1, 0.15) is 31.4 Å². The highest BCUT2D eigenvalue weighted by Gasteiger charge is 2.25. The first-order valence-electron chi connectivity index (χ1n) is 10.2. The van der Waals surface area contributed by atoms with Crippen molar-refractivity contribution in [1.29, 1.82) is 0 Å². The number of nitrogens with zero attached hydrogens (tertiary/aromatic N) is 5. The number of halogens is 1. The minimum absolute atomic E-state index is 0.173. The first-order chi connectivity index (χ1) is 14.5. The lowest BCUT2D eigenvalue weighted by Crippen LogP contribution is -2.42. The second-order valence-electron chi connectivity index (χ2n) is 8.24. The number of piperidine rings is 1. The first-order valence-corrected chi connectivity index (χ1v) is 11.0. The summed E-state index contributed by atoms with van der Waals surface area (Å²) in [6.07, 6.45) is 16.1. The fourth-order valence-corrected chi connectivity index (χ4v) is 4.79. The Hall–Kier alpha value is -2.65. The Morgan fingerprint density at radius 1 is 1.30 bits per heavy atom. The van der Waals surface area contributed by atoms with Gasteiger partial charge in [-0.05, 0) is 54.5 Å². The van der Waals surface area contributed by atoms with Crippen LogP contribution >= 0.6 is 15.9 Å². The van der Waals surface area contributed by atoms with E-state index in [2.05, 4.69) is 55.8 Å². The number of aromatic nitrogens is 5. The molecule has 1 saturated heterocycles. The van der Waals surface area contributed by atoms with Gasteiger partial charge in [0.25, 0.3) is 0 Å². The van der Waals surface area contributed by atoms with Gasteiger partial charge in [-0.25, -0.2) is 4.98 Å². The van der Waals surface area contributed by atoms with E-state index in [1.807, 2.05) is 35.5 Å². The fourth-order valence-electron chi connectivity index (χ4n) is 4.21. The van der Waals surface area contributed by atoms with Gasteiger partial charge in [0.15, 0.2) is 5.65 Å². The normalized spacial score (nSPS) is 23.7. The van der Waals surface area contributed by atoms with Crippen molar-refractivity contribution in [2.75, 3.05) is 18.8 Å². The van der Waals surface area contributed by atoms with E-state index in [4.69, 9.17) is 10.7 Å². The van der Waals surface area contributed by atoms with Crippen LogP contribution in [0.5, 0.6) is 0 Å². The maximum atomic E-state index is 6.41. The molecule has 2 aliphatic heterocycles. The molecule has 4 N–H and O–H groups in total. The number of fused-ring (bicyclic) bond motifs is 1. The topological polar surface area (TPSA) is 98.1 Å². The fraction of sp³-hybridized carbons (Fsp3) is 0.381. The van der Waals surface area contributed by atoms with Crippen molar-refractivity contribution in [3.8, 4) is 11.1 Å². The lowest BCUT2D eigenvalue weighted by molar-refractivity contribution is 0.397. The average Bonchev–Trinajstić information content (AvgIpc) is 3.38. The van der Waals surface area contributed by atoms with Crippen LogP contribution in [0, 0.1) is 0 Å². The summed E-state index contributed by atoms with van der Waals surface area (Å²) < 4.78 is 4.49. The molecular formula is C21H25BrN8. The number of hydrogen-bond acceptors (Lipinski definition) is 6. The van der Waals surface area contributed by atoms with E-state index in [-0.39, 0.29) is 5.54 Å². The summed E-state index contributed by atoms with van der Waals surface area (Å²) in [6.45, 7) is 4.83. The Bertz CT molecular complexity index is 1140. The highest BCUT2D eigenvalue weighted by Crippen LogP contribution is 2.35. The van der Waals surface area contributed by atoms with Crippen LogP contribution in [-0.4, -0.2) is 43.0 Å². The van der Waals surface area contributed by atoms with E-state index in [1.165, 1.54) is 0 Å². The Morgan fingerprint density at radius 3 is 2.97 bits per heavy atom. The predicted molar refractivity (Wildman–Crippen MR) is 121 cm³/mol. The molecule has 30 heavy (non-hydrogen) atoms. The number of allylic oxidation sites excluding steroid dienone is 2. The van der Waals surface area contributed by atoms with Gasteiger partial charge in [0.1, 0.15) is 5.82 Å². The van der Waals surface area contributed by atoms with Crippen LogP contribution in [0.2, 0.25) is 0 Å². The van der Waals surface area contributed by atoms with Gasteiger partial charge >= 0.3 is 0 Å². The average molecular weight is 469 g/mol. The molecule has 3 aromatic heterocycles. The SMILES string of the molecule is CC1(Cn2cc(-c3cnn4c(N)c(Br)c(C5CCCNC5)nc34)cn2)C=CC=CN1. The summed E-state index contributed by atoms with van der Waals surface area (Å²) in [6, 6.07) is 0. The van der Waals surface area contributed by atoms with Gasteiger partial charge in [-0.3, -0.25) is 4.68 Å². The largest absolute Gasteiger partial charge is 0.383 e. The van der Waals surface area contributed by atoms with Crippen molar-refractivity contribution in [3.05, 3.63) is 53.2 Å². The van der Waals surface area contributed by atoms with Crippen LogP contribution in [0.15, 0.2) is 47.5 Å². The molecule has 0 aromatic carbocycles. The van der Waals surface area contributed by atoms with Crippen molar-refractivity contribution in [2.45, 2.75) is 37.8 Å². The Labute approximate surface area is 183 Å². The van der Waals surface area contributed by atoms with Crippen LogP contribution in [0.3, 0.4) is 0 Å². The van der Waals surface area contributed by atoms with E-state index in [9.17, 15) is 0 Å². The number of nitrogens with one attached hydrogen (secondary N) is 2. The lowest BCUT2D eigenvalue weighted by atomic mass is 9.96. The molecule has 0 spiro atoms. The zero-order valence-corrected chi connectivity index (χ0v) is 18.4. The number of rotatable bonds is 4. The van der Waals surface area contributed by atoms with Crippen LogP contribution in [0.25, 0.3) is 16.8 Å². The smallest absolute Gasteiger partial charge is 0.165 e. The molecule has 0 radical (unpaired) electrons. The molecule has 8 nitrogen and oxygen atoms in total. The van der Waals surface area contributed by atoms with Gasteiger partial charge in [0.2, 0.25) is 0 Å². The van der Waals surface area contributed by atoms with Crippen molar-refractivity contribution in [1.82, 2.24) is 35.0 Å². The summed E-state index contributed by atoms with van der Waals surface area (Å²) in [5.74, 6) is 0.915. The van der Waals surface area contributed by atoms with Gasteiger partial charge in [0, 0.05) is 29.8 Å². The molecule has 156 valence electrons. The lowest BCUT2D eigenvalue weighted by Gasteiger charge is -2.28. The van der Waals surface area contributed by atoms with E-state index in [0.29, 0.717) is 18.3 Å². The van der Waals surface area contributed by atoms with E-state index in [1.54, 1.807) is 4.52 Å². The summed E-state index contributed by atoms with van der Waals surface area (Å²) in [4.78, 5) is 5.00. The Morgan fingerprint density at radius 2 is 2.20 bits per heavy atom. The molecule has 0 bridgehead atoms. The number of dihydropyridines is 1. The second-order valence-corrected chi connectivity index (χ2v) is 9.03. The summed E-state index contributed by atoms with van der Waals surface area (Å²) in [7, 11) is 0. The number of hydrogen-bond donors (Lipinski definition) is 3. The van der Waals surface area contributed by atoms with Crippen LogP contribution in [-0.2, 0) is 6.54 Å². The quantitative estimate of drug-likeness (QED) is 0.544. The van der Waals surface area contributed by atoms with Crippen LogP contribution in [0.4, 0.5) is 5.82 Å². The number of nitrogens with two attached hydrogens (primary N) is 1. The molecule has 2 aliphatic rings. The Kier molecular flexibility index (Phi) is 4.86. The molecular weight excluding hydrogens is 444 g/mol. The standard InChI is InChI=1S/C21H25BrN8/c1-21(6-2-3-8-25-21)13-29-12-15(10-26-29)16-11-27-30-19(23)17(22)18(28-20(16)30)14-5-4-7-24-9-14/h2-3,6,8,10-12,14,24-25H,4-5,7,9,13,23H2,1H3. The number of nitrogen functional groups attached to an aromatic ring is 1. The molecule has 1 fully saturated rings. The van der Waals surface area contributed by atoms with Crippen molar-refractivity contribution >= 4 is 27.4 Å². The zero-order chi connectivity index (χ0) is 20.7. The highest BCUT2D eigenvalue weighted by molar-refractivity contribution is 9.10. The van der Waals surface area contributed by atoms with E-state index >= 15 is 0 Å². The molecule has 2 atom stereocenters. The maximum absolute atomic E-state index is 6.41. The van der Waals surface area contributed by atoms with Gasteiger partial charge < -0.3 is 16.4 Å². The molecule has 0 saturated carbocycles. The highest BCUT2D eigenvalue weighted by atomic mass is 79.9. The monoisotopic (exact) mass is 468 g/mol. The van der Waals surface area contributed by atoms with Gasteiger partial charge in [0.05, 0.1) is 34.6 Å². The number of anilines is 1. The minimum atomic E-state index is -0.173. The molecule has 2 unspecified atom stereocenters. The predicted octanol–water partition coefficient (Wildman–Crippen LogP) is 2.84. The summed E-state index contributed by atoms with van der Waals surface area (Å²) in [5.41, 5.74) is 9.91. The summed E-state index contributed by atoms with van der Waals surface area (Å²) >= 11 is 3.66. The van der Waals surface area contributed by atoms with Gasteiger partial charge in [-0.1, -0.05) is 12.2 Å². The van der Waals surface area contributed by atoms with E-state index < -0.39 is 0 Å². The van der Waals surface area contributed by atoms with Crippen molar-refractivity contribution in [2.24, 2.45) is 0 Å².